The molecule has 4 heteroatoms. The van der Waals surface area contributed by atoms with Gasteiger partial charge < -0.3 is 10.1 Å². The van der Waals surface area contributed by atoms with Crippen molar-refractivity contribution in [1.29, 1.82) is 0 Å². The van der Waals surface area contributed by atoms with Crippen LogP contribution in [-0.4, -0.2) is 37.0 Å². The van der Waals surface area contributed by atoms with Crippen LogP contribution >= 0.6 is 0 Å². The van der Waals surface area contributed by atoms with Gasteiger partial charge in [0.15, 0.2) is 0 Å². The van der Waals surface area contributed by atoms with E-state index in [0.29, 0.717) is 18.2 Å². The monoisotopic (exact) mass is 450 g/mol. The number of benzene rings is 4. The molecule has 1 saturated carbocycles. The average molecular weight is 451 g/mol. The number of likely N-dealkylation sites (N-methyl/N-ethyl adjacent to an activating group) is 1. The standard InChI is InChI=1S/C30H30N2O2/c1-20-11-12-23(34-19-22-13-16-32(22)2)18-27(20)29(33)31-30(14-15-30)28-17-21-7-3-4-8-24(21)25-9-5-6-10-26(25)28/h3-12,17-18,22H,13-16,19H2,1-2H3,(H,31,33). The summed E-state index contributed by atoms with van der Waals surface area (Å²) in [5, 5.41) is 8.34. The highest BCUT2D eigenvalue weighted by molar-refractivity contribution is 6.09. The Balaban J connectivity index is 1.30. The normalized spacial score (nSPS) is 19.1. The third kappa shape index (κ3) is 3.63. The lowest BCUT2D eigenvalue weighted by Crippen LogP contribution is -2.48. The predicted octanol–water partition coefficient (Wildman–Crippen LogP) is 5.80. The maximum Gasteiger partial charge on any atom is 0.252 e. The molecule has 1 aliphatic heterocycles. The minimum absolute atomic E-state index is 0.0292. The molecule has 1 heterocycles. The summed E-state index contributed by atoms with van der Waals surface area (Å²) in [4.78, 5) is 15.8. The van der Waals surface area contributed by atoms with Crippen LogP contribution in [0.15, 0.2) is 72.8 Å². The van der Waals surface area contributed by atoms with E-state index in [1.165, 1.54) is 27.1 Å². The molecule has 0 aromatic heterocycles. The van der Waals surface area contributed by atoms with Crippen molar-refractivity contribution in [1.82, 2.24) is 10.2 Å². The number of carbonyl (C=O) groups excluding carboxylic acids is 1. The van der Waals surface area contributed by atoms with Crippen LogP contribution in [0.25, 0.3) is 21.5 Å². The molecular weight excluding hydrogens is 420 g/mol. The summed E-state index contributed by atoms with van der Waals surface area (Å²) >= 11 is 0. The van der Waals surface area contributed by atoms with Gasteiger partial charge in [-0.25, -0.2) is 0 Å². The Hall–Kier alpha value is -3.37. The van der Waals surface area contributed by atoms with E-state index < -0.39 is 0 Å². The molecule has 0 bridgehead atoms. The Morgan fingerprint density at radius 1 is 1.00 bits per heavy atom. The van der Waals surface area contributed by atoms with E-state index in [2.05, 4.69) is 71.9 Å². The number of carbonyl (C=O) groups is 1. The van der Waals surface area contributed by atoms with Gasteiger partial charge in [0.25, 0.3) is 5.91 Å². The number of nitrogens with one attached hydrogen (secondary N) is 1. The predicted molar refractivity (Wildman–Crippen MR) is 138 cm³/mol. The van der Waals surface area contributed by atoms with Crippen LogP contribution in [0.4, 0.5) is 0 Å². The summed E-state index contributed by atoms with van der Waals surface area (Å²) in [5.41, 5.74) is 2.55. The van der Waals surface area contributed by atoms with E-state index in [1.54, 1.807) is 0 Å². The SMILES string of the molecule is Cc1ccc(OCC2CCN2C)cc1C(=O)NC1(c2cc3ccccc3c3ccccc23)CC1. The Kier molecular flexibility index (Phi) is 5.07. The zero-order chi connectivity index (χ0) is 23.3. The Bertz CT molecular complexity index is 1410. The van der Waals surface area contributed by atoms with Gasteiger partial charge in [-0.15, -0.1) is 0 Å². The molecule has 1 atom stereocenters. The van der Waals surface area contributed by atoms with Gasteiger partial charge in [-0.2, -0.15) is 0 Å². The van der Waals surface area contributed by atoms with E-state index in [1.807, 2.05) is 25.1 Å². The van der Waals surface area contributed by atoms with Crippen LogP contribution in [0, 0.1) is 6.92 Å². The zero-order valence-electron chi connectivity index (χ0n) is 19.8. The second-order valence-electron chi connectivity index (χ2n) is 9.94. The fraction of sp³-hybridized carbons (Fsp3) is 0.300. The molecule has 6 rings (SSSR count). The number of fused-ring (bicyclic) bond motifs is 3. The fourth-order valence-electron chi connectivity index (χ4n) is 5.23. The van der Waals surface area contributed by atoms with E-state index in [9.17, 15) is 4.79 Å². The number of aryl methyl sites for hydroxylation is 1. The lowest BCUT2D eigenvalue weighted by Gasteiger charge is -2.37. The molecule has 1 unspecified atom stereocenters. The summed E-state index contributed by atoms with van der Waals surface area (Å²) in [7, 11) is 2.12. The summed E-state index contributed by atoms with van der Waals surface area (Å²) in [6.07, 6.45) is 3.06. The third-order valence-corrected chi connectivity index (χ3v) is 7.72. The van der Waals surface area contributed by atoms with Crippen LogP contribution in [0.1, 0.15) is 40.7 Å². The lowest BCUT2D eigenvalue weighted by atomic mass is 9.92. The highest BCUT2D eigenvalue weighted by atomic mass is 16.5. The van der Waals surface area contributed by atoms with E-state index >= 15 is 0 Å². The van der Waals surface area contributed by atoms with Gasteiger partial charge in [0.05, 0.1) is 5.54 Å². The summed E-state index contributed by atoms with van der Waals surface area (Å²) < 4.78 is 6.04. The van der Waals surface area contributed by atoms with Crippen molar-refractivity contribution in [3.05, 3.63) is 89.5 Å². The number of hydrogen-bond donors (Lipinski definition) is 1. The van der Waals surface area contributed by atoms with Crippen molar-refractivity contribution < 1.29 is 9.53 Å². The van der Waals surface area contributed by atoms with Crippen molar-refractivity contribution in [3.8, 4) is 5.75 Å². The highest BCUT2D eigenvalue weighted by Crippen LogP contribution is 2.49. The largest absolute Gasteiger partial charge is 0.492 e. The van der Waals surface area contributed by atoms with Crippen LogP contribution in [0.5, 0.6) is 5.75 Å². The van der Waals surface area contributed by atoms with Gasteiger partial charge in [0.1, 0.15) is 12.4 Å². The molecule has 2 fully saturated rings. The first-order valence-corrected chi connectivity index (χ1v) is 12.2. The first-order chi connectivity index (χ1) is 16.5. The molecule has 1 aliphatic carbocycles. The van der Waals surface area contributed by atoms with Crippen molar-refractivity contribution in [2.24, 2.45) is 0 Å². The van der Waals surface area contributed by atoms with Crippen molar-refractivity contribution in [3.63, 3.8) is 0 Å². The van der Waals surface area contributed by atoms with Crippen molar-refractivity contribution in [2.45, 2.75) is 37.8 Å². The van der Waals surface area contributed by atoms with Crippen molar-refractivity contribution >= 4 is 27.5 Å². The van der Waals surface area contributed by atoms with E-state index in [0.717, 1.165) is 37.1 Å². The second-order valence-corrected chi connectivity index (χ2v) is 9.94. The zero-order valence-corrected chi connectivity index (χ0v) is 19.8. The third-order valence-electron chi connectivity index (χ3n) is 7.72. The molecule has 4 aromatic rings. The molecule has 1 saturated heterocycles. The Morgan fingerprint density at radius 3 is 2.44 bits per heavy atom. The minimum atomic E-state index is -0.321. The molecule has 1 amide bonds. The van der Waals surface area contributed by atoms with Gasteiger partial charge in [-0.3, -0.25) is 9.69 Å². The molecule has 34 heavy (non-hydrogen) atoms. The molecule has 0 radical (unpaired) electrons. The summed E-state index contributed by atoms with van der Waals surface area (Å²) in [6, 6.07) is 25.6. The fourth-order valence-corrected chi connectivity index (χ4v) is 5.23. The van der Waals surface area contributed by atoms with Gasteiger partial charge in [-0.05, 0) is 90.6 Å². The summed E-state index contributed by atoms with van der Waals surface area (Å²) in [6.45, 7) is 3.78. The molecule has 4 aromatic carbocycles. The quantitative estimate of drug-likeness (QED) is 0.377. The average Bonchev–Trinajstić information content (AvgIpc) is 3.63. The second kappa shape index (κ2) is 8.14. The first kappa shape index (κ1) is 21.2. The molecule has 2 aliphatic rings. The van der Waals surface area contributed by atoms with Crippen LogP contribution in [0.2, 0.25) is 0 Å². The number of amides is 1. The van der Waals surface area contributed by atoms with Gasteiger partial charge in [0, 0.05) is 11.6 Å². The number of likely N-dealkylation sites (tertiary alicyclic amines) is 1. The summed E-state index contributed by atoms with van der Waals surface area (Å²) in [5.74, 6) is 0.732. The van der Waals surface area contributed by atoms with Crippen LogP contribution in [0.3, 0.4) is 0 Å². The molecular formula is C30H30N2O2. The topological polar surface area (TPSA) is 41.6 Å². The number of nitrogens with zero attached hydrogens (tertiary/aromatic N) is 1. The smallest absolute Gasteiger partial charge is 0.252 e. The molecule has 0 spiro atoms. The maximum absolute atomic E-state index is 13.5. The molecule has 1 N–H and O–H groups in total. The van der Waals surface area contributed by atoms with Gasteiger partial charge in [0.2, 0.25) is 0 Å². The maximum atomic E-state index is 13.5. The number of rotatable bonds is 6. The Labute approximate surface area is 200 Å². The highest BCUT2D eigenvalue weighted by Gasteiger charge is 2.47. The Morgan fingerprint density at radius 2 is 1.74 bits per heavy atom. The molecule has 172 valence electrons. The van der Waals surface area contributed by atoms with Crippen molar-refractivity contribution in [2.75, 3.05) is 20.2 Å². The van der Waals surface area contributed by atoms with Crippen LogP contribution in [-0.2, 0) is 5.54 Å². The van der Waals surface area contributed by atoms with Gasteiger partial charge >= 0.3 is 0 Å². The number of hydrogen-bond acceptors (Lipinski definition) is 3. The lowest BCUT2D eigenvalue weighted by molar-refractivity contribution is 0.0767. The molecule has 4 nitrogen and oxygen atoms in total. The van der Waals surface area contributed by atoms with E-state index in [-0.39, 0.29) is 11.4 Å². The van der Waals surface area contributed by atoms with Gasteiger partial charge in [-0.1, -0.05) is 54.6 Å². The van der Waals surface area contributed by atoms with E-state index in [4.69, 9.17) is 4.74 Å². The minimum Gasteiger partial charge on any atom is -0.492 e. The van der Waals surface area contributed by atoms with Crippen LogP contribution < -0.4 is 10.1 Å². The first-order valence-electron chi connectivity index (χ1n) is 12.2. The number of ether oxygens (including phenoxy) is 1.